The third-order valence-corrected chi connectivity index (χ3v) is 9.55. The highest BCUT2D eigenvalue weighted by molar-refractivity contribution is 7.89. The molecule has 4 saturated carbocycles. The Hall–Kier alpha value is -1.98. The number of nitrogens with zero attached hydrogens (tertiary/aromatic N) is 2. The summed E-state index contributed by atoms with van der Waals surface area (Å²) in [5, 5.41) is 12.7. The van der Waals surface area contributed by atoms with Gasteiger partial charge < -0.3 is 5.32 Å². The zero-order valence-corrected chi connectivity index (χ0v) is 18.9. The molecule has 172 valence electrons. The lowest BCUT2D eigenvalue weighted by atomic mass is 9.50. The van der Waals surface area contributed by atoms with Gasteiger partial charge in [-0.05, 0) is 74.5 Å². The number of rotatable bonds is 7. The predicted octanol–water partition coefficient (Wildman–Crippen LogP) is 3.59. The van der Waals surface area contributed by atoms with Gasteiger partial charge in [-0.3, -0.25) is 4.79 Å². The van der Waals surface area contributed by atoms with Crippen molar-refractivity contribution in [3.05, 3.63) is 34.8 Å². The van der Waals surface area contributed by atoms with Gasteiger partial charge in [-0.1, -0.05) is 11.3 Å². The van der Waals surface area contributed by atoms with Gasteiger partial charge in [0.1, 0.15) is 5.01 Å². The lowest BCUT2D eigenvalue weighted by Gasteiger charge is -2.55. The maximum absolute atomic E-state index is 13.3. The fraction of sp³-hybridized carbons (Fsp3) is 0.571. The second kappa shape index (κ2) is 8.11. The Labute approximate surface area is 189 Å². The number of hydrogen-bond acceptors (Lipinski definition) is 6. The van der Waals surface area contributed by atoms with Crippen molar-refractivity contribution in [1.29, 1.82) is 0 Å². The summed E-state index contributed by atoms with van der Waals surface area (Å²) in [6.07, 6.45) is 7.36. The van der Waals surface area contributed by atoms with E-state index in [1.807, 2.05) is 0 Å². The Morgan fingerprint density at radius 2 is 1.72 bits per heavy atom. The normalized spacial score (nSPS) is 28.8. The van der Waals surface area contributed by atoms with E-state index in [4.69, 9.17) is 0 Å². The van der Waals surface area contributed by atoms with Gasteiger partial charge in [0.05, 0.1) is 4.90 Å². The SMILES string of the molecule is O=C(CCNS(=O)(=O)c1ccc(F)c(F)c1)Nc1nnc(C23CC4CC(CC(C4)C2)C3)s1. The number of sulfonamides is 1. The molecule has 0 atom stereocenters. The first kappa shape index (κ1) is 21.8. The van der Waals surface area contributed by atoms with Crippen LogP contribution in [-0.2, 0) is 20.2 Å². The molecule has 1 aromatic carbocycles. The highest BCUT2D eigenvalue weighted by Gasteiger charge is 2.53. The molecule has 1 heterocycles. The van der Waals surface area contributed by atoms with E-state index in [9.17, 15) is 22.0 Å². The van der Waals surface area contributed by atoms with Crippen LogP contribution in [0.4, 0.5) is 13.9 Å². The van der Waals surface area contributed by atoms with Gasteiger partial charge in [0.25, 0.3) is 0 Å². The molecule has 6 rings (SSSR count). The predicted molar refractivity (Wildman–Crippen MR) is 115 cm³/mol. The third-order valence-electron chi connectivity index (χ3n) is 7.01. The minimum Gasteiger partial charge on any atom is -0.300 e. The van der Waals surface area contributed by atoms with E-state index in [2.05, 4.69) is 20.2 Å². The molecule has 2 N–H and O–H groups in total. The van der Waals surface area contributed by atoms with E-state index >= 15 is 0 Å². The first-order chi connectivity index (χ1) is 15.2. The number of aromatic nitrogens is 2. The average Bonchev–Trinajstić information content (AvgIpc) is 3.18. The molecule has 1 amide bonds. The fourth-order valence-electron chi connectivity index (χ4n) is 6.07. The van der Waals surface area contributed by atoms with Gasteiger partial charge >= 0.3 is 0 Å². The van der Waals surface area contributed by atoms with Gasteiger partial charge in [-0.25, -0.2) is 21.9 Å². The number of hydrogen-bond donors (Lipinski definition) is 2. The van der Waals surface area contributed by atoms with Crippen LogP contribution in [0, 0.1) is 29.4 Å². The summed E-state index contributed by atoms with van der Waals surface area (Å²) in [4.78, 5) is 11.9. The summed E-state index contributed by atoms with van der Waals surface area (Å²) < 4.78 is 52.9. The van der Waals surface area contributed by atoms with Crippen LogP contribution in [0.25, 0.3) is 0 Å². The van der Waals surface area contributed by atoms with Crippen LogP contribution >= 0.6 is 11.3 Å². The summed E-state index contributed by atoms with van der Waals surface area (Å²) in [5.74, 6) is -0.432. The Morgan fingerprint density at radius 3 is 2.34 bits per heavy atom. The van der Waals surface area contributed by atoms with E-state index in [0.29, 0.717) is 11.2 Å². The number of carbonyl (C=O) groups is 1. The first-order valence-corrected chi connectivity index (χ1v) is 13.1. The molecule has 2 aromatic rings. The van der Waals surface area contributed by atoms with E-state index < -0.39 is 32.5 Å². The van der Waals surface area contributed by atoms with Crippen molar-refractivity contribution < 1.29 is 22.0 Å². The standard InChI is InChI=1S/C21H24F2N4O3S2/c22-16-2-1-15(8-17(16)23)32(29,30)24-4-3-18(28)25-20-27-26-19(31-20)21-9-12-5-13(10-21)7-14(6-12)11-21/h1-2,8,12-14,24H,3-7,9-11H2,(H,25,27,28). The third kappa shape index (κ3) is 4.17. The van der Waals surface area contributed by atoms with Crippen LogP contribution in [0.1, 0.15) is 50.0 Å². The molecule has 4 fully saturated rings. The van der Waals surface area contributed by atoms with Crippen molar-refractivity contribution >= 4 is 32.4 Å². The quantitative estimate of drug-likeness (QED) is 0.628. The molecule has 0 saturated heterocycles. The summed E-state index contributed by atoms with van der Waals surface area (Å²) in [7, 11) is -4.05. The van der Waals surface area contributed by atoms with Crippen molar-refractivity contribution in [3.8, 4) is 0 Å². The van der Waals surface area contributed by atoms with Crippen molar-refractivity contribution in [2.45, 2.75) is 55.3 Å². The van der Waals surface area contributed by atoms with E-state index in [-0.39, 0.29) is 18.4 Å². The molecular formula is C21H24F2N4O3S2. The molecule has 4 bridgehead atoms. The molecule has 0 spiro atoms. The van der Waals surface area contributed by atoms with Gasteiger partial charge in [-0.2, -0.15) is 0 Å². The lowest BCUT2D eigenvalue weighted by Crippen LogP contribution is -2.48. The minimum absolute atomic E-state index is 0.107. The van der Waals surface area contributed by atoms with Crippen LogP contribution in [0.2, 0.25) is 0 Å². The number of amides is 1. The average molecular weight is 483 g/mol. The van der Waals surface area contributed by atoms with Crippen LogP contribution in [-0.4, -0.2) is 31.1 Å². The summed E-state index contributed by atoms with van der Waals surface area (Å²) in [5.41, 5.74) is 0.107. The second-order valence-corrected chi connectivity index (χ2v) is 12.1. The van der Waals surface area contributed by atoms with Crippen molar-refractivity contribution in [1.82, 2.24) is 14.9 Å². The monoisotopic (exact) mass is 482 g/mol. The maximum atomic E-state index is 13.3. The zero-order valence-electron chi connectivity index (χ0n) is 17.3. The van der Waals surface area contributed by atoms with Crippen molar-refractivity contribution in [3.63, 3.8) is 0 Å². The summed E-state index contributed by atoms with van der Waals surface area (Å²) >= 11 is 1.42. The van der Waals surface area contributed by atoms with Crippen LogP contribution in [0.3, 0.4) is 0 Å². The number of benzene rings is 1. The highest BCUT2D eigenvalue weighted by atomic mass is 32.2. The maximum Gasteiger partial charge on any atom is 0.240 e. The molecule has 11 heteroatoms. The topological polar surface area (TPSA) is 101 Å². The van der Waals surface area contributed by atoms with E-state index in [1.54, 1.807) is 0 Å². The van der Waals surface area contributed by atoms with Gasteiger partial charge in [0.2, 0.25) is 21.1 Å². The van der Waals surface area contributed by atoms with Gasteiger partial charge in [0.15, 0.2) is 11.6 Å². The largest absolute Gasteiger partial charge is 0.300 e. The Morgan fingerprint density at radius 1 is 1.06 bits per heavy atom. The number of carbonyl (C=O) groups excluding carboxylic acids is 1. The molecule has 0 aliphatic heterocycles. The summed E-state index contributed by atoms with van der Waals surface area (Å²) in [6, 6.07) is 2.31. The number of nitrogens with one attached hydrogen (secondary N) is 2. The molecule has 4 aliphatic carbocycles. The highest BCUT2D eigenvalue weighted by Crippen LogP contribution is 2.61. The molecule has 0 radical (unpaired) electrons. The minimum atomic E-state index is -4.05. The van der Waals surface area contributed by atoms with Crippen molar-refractivity contribution in [2.24, 2.45) is 17.8 Å². The molecular weight excluding hydrogens is 458 g/mol. The Kier molecular flexibility index (Phi) is 5.53. The van der Waals surface area contributed by atoms with Gasteiger partial charge in [0, 0.05) is 18.4 Å². The number of anilines is 1. The molecule has 0 unspecified atom stereocenters. The smallest absolute Gasteiger partial charge is 0.240 e. The second-order valence-electron chi connectivity index (χ2n) is 9.38. The van der Waals surface area contributed by atoms with Crippen LogP contribution in [0.5, 0.6) is 0 Å². The van der Waals surface area contributed by atoms with Crippen molar-refractivity contribution in [2.75, 3.05) is 11.9 Å². The Balaban J connectivity index is 1.16. The van der Waals surface area contributed by atoms with Crippen LogP contribution < -0.4 is 10.0 Å². The first-order valence-electron chi connectivity index (χ1n) is 10.8. The fourth-order valence-corrected chi connectivity index (χ4v) is 8.09. The van der Waals surface area contributed by atoms with E-state index in [1.165, 1.54) is 30.6 Å². The molecule has 32 heavy (non-hydrogen) atoms. The lowest BCUT2D eigenvalue weighted by molar-refractivity contribution is -0.116. The van der Waals surface area contributed by atoms with Crippen LogP contribution in [0.15, 0.2) is 23.1 Å². The number of halogens is 2. The zero-order chi connectivity index (χ0) is 22.5. The Bertz CT molecular complexity index is 1120. The molecule has 7 nitrogen and oxygen atoms in total. The van der Waals surface area contributed by atoms with Gasteiger partial charge in [-0.15, -0.1) is 10.2 Å². The summed E-state index contributed by atoms with van der Waals surface area (Å²) in [6.45, 7) is -0.187. The molecule has 1 aromatic heterocycles. The molecule has 4 aliphatic rings. The van der Waals surface area contributed by atoms with E-state index in [0.717, 1.165) is 54.2 Å².